The predicted molar refractivity (Wildman–Crippen MR) is 147 cm³/mol. The fourth-order valence-corrected chi connectivity index (χ4v) is 3.74. The van der Waals surface area contributed by atoms with Crippen molar-refractivity contribution < 1.29 is 4.79 Å². The molecule has 2 heterocycles. The number of halogens is 1. The molecule has 1 aliphatic rings. The van der Waals surface area contributed by atoms with Gasteiger partial charge in [-0.2, -0.15) is 0 Å². The summed E-state index contributed by atoms with van der Waals surface area (Å²) in [6.45, 7) is 11.5. The van der Waals surface area contributed by atoms with Crippen LogP contribution in [0.3, 0.4) is 0 Å². The van der Waals surface area contributed by atoms with Gasteiger partial charge in [0.15, 0.2) is 5.96 Å². The topological polar surface area (TPSA) is 72.9 Å². The lowest BCUT2D eigenvalue weighted by Gasteiger charge is -2.35. The second-order valence-corrected chi connectivity index (χ2v) is 8.26. The number of aromatic nitrogens is 1. The number of carbonyl (C=O) groups is 1. The molecule has 3 rings (SSSR count). The molecule has 0 aliphatic carbocycles. The maximum Gasteiger partial charge on any atom is 0.224 e. The molecule has 7 nitrogen and oxygen atoms in total. The number of anilines is 1. The first-order chi connectivity index (χ1) is 15.6. The van der Waals surface area contributed by atoms with E-state index in [1.54, 1.807) is 0 Å². The van der Waals surface area contributed by atoms with Crippen LogP contribution in [0.1, 0.15) is 37.3 Å². The number of carbonyl (C=O) groups excluding carboxylic acids is 1. The molecule has 8 heteroatoms. The van der Waals surface area contributed by atoms with E-state index in [1.165, 1.54) is 11.1 Å². The Bertz CT molecular complexity index is 866. The van der Waals surface area contributed by atoms with E-state index in [2.05, 4.69) is 58.6 Å². The molecule has 0 radical (unpaired) electrons. The fraction of sp³-hybridized carbons (Fsp3) is 0.480. The number of pyridine rings is 1. The van der Waals surface area contributed by atoms with E-state index in [4.69, 9.17) is 4.99 Å². The largest absolute Gasteiger partial charge is 0.357 e. The van der Waals surface area contributed by atoms with Gasteiger partial charge in [-0.3, -0.25) is 9.79 Å². The molecule has 0 bridgehead atoms. The van der Waals surface area contributed by atoms with Crippen LogP contribution in [0, 0.1) is 6.92 Å². The summed E-state index contributed by atoms with van der Waals surface area (Å²) in [6, 6.07) is 14.6. The minimum atomic E-state index is 0. The standard InChI is InChI=1S/C25H36N6O.HI/c1-4-26-25(29-19-21(3)22-10-8-20(2)9-11-22)28-14-12-24(32)31-17-15-30(16-18-31)23-7-5-6-13-27-23;/h5-11,13,21H,4,12,14-19H2,1-3H3,(H2,26,28,29);1H. The summed E-state index contributed by atoms with van der Waals surface area (Å²) in [5.74, 6) is 2.26. The molecule has 0 spiro atoms. The van der Waals surface area contributed by atoms with Crippen LogP contribution in [0.25, 0.3) is 0 Å². The Kier molecular flexibility index (Phi) is 11.4. The average molecular weight is 565 g/mol. The maximum atomic E-state index is 12.7. The van der Waals surface area contributed by atoms with Crippen molar-refractivity contribution in [3.63, 3.8) is 0 Å². The highest BCUT2D eigenvalue weighted by molar-refractivity contribution is 14.0. The van der Waals surface area contributed by atoms with Crippen LogP contribution < -0.4 is 15.5 Å². The van der Waals surface area contributed by atoms with Crippen molar-refractivity contribution in [3.05, 3.63) is 59.8 Å². The number of aliphatic imine (C=N–C) groups is 1. The molecule has 33 heavy (non-hydrogen) atoms. The Balaban J connectivity index is 0.00000385. The van der Waals surface area contributed by atoms with Gasteiger partial charge in [0.25, 0.3) is 0 Å². The van der Waals surface area contributed by atoms with Crippen molar-refractivity contribution in [2.24, 2.45) is 4.99 Å². The van der Waals surface area contributed by atoms with Gasteiger partial charge in [0, 0.05) is 64.3 Å². The summed E-state index contributed by atoms with van der Waals surface area (Å²) in [7, 11) is 0. The first-order valence-corrected chi connectivity index (χ1v) is 11.6. The van der Waals surface area contributed by atoms with E-state index in [9.17, 15) is 4.79 Å². The number of guanidine groups is 1. The van der Waals surface area contributed by atoms with Crippen molar-refractivity contribution >= 4 is 41.7 Å². The van der Waals surface area contributed by atoms with E-state index < -0.39 is 0 Å². The van der Waals surface area contributed by atoms with Gasteiger partial charge in [0.05, 0.1) is 0 Å². The quantitative estimate of drug-likeness (QED) is 0.292. The zero-order valence-corrected chi connectivity index (χ0v) is 22.3. The van der Waals surface area contributed by atoms with Crippen molar-refractivity contribution in [2.45, 2.75) is 33.1 Å². The highest BCUT2D eigenvalue weighted by Gasteiger charge is 2.21. The van der Waals surface area contributed by atoms with Crippen LogP contribution in [0.5, 0.6) is 0 Å². The van der Waals surface area contributed by atoms with Crippen LogP contribution >= 0.6 is 24.0 Å². The molecule has 1 fully saturated rings. The Morgan fingerprint density at radius 3 is 2.45 bits per heavy atom. The third kappa shape index (κ3) is 8.49. The number of hydrogen-bond donors (Lipinski definition) is 2. The molecule has 1 saturated heterocycles. The second-order valence-electron chi connectivity index (χ2n) is 8.26. The summed E-state index contributed by atoms with van der Waals surface area (Å²) in [6.07, 6.45) is 2.27. The van der Waals surface area contributed by atoms with Gasteiger partial charge in [0.1, 0.15) is 5.82 Å². The van der Waals surface area contributed by atoms with Crippen molar-refractivity contribution in [1.82, 2.24) is 20.5 Å². The van der Waals surface area contributed by atoms with E-state index >= 15 is 0 Å². The van der Waals surface area contributed by atoms with E-state index in [1.807, 2.05) is 36.2 Å². The van der Waals surface area contributed by atoms with Crippen LogP contribution in [0.4, 0.5) is 5.82 Å². The average Bonchev–Trinajstić information content (AvgIpc) is 2.83. The smallest absolute Gasteiger partial charge is 0.224 e. The van der Waals surface area contributed by atoms with Crippen LogP contribution in [-0.2, 0) is 4.79 Å². The molecule has 1 unspecified atom stereocenters. The Morgan fingerprint density at radius 2 is 1.82 bits per heavy atom. The zero-order chi connectivity index (χ0) is 22.8. The Labute approximate surface area is 215 Å². The van der Waals surface area contributed by atoms with Gasteiger partial charge >= 0.3 is 0 Å². The third-order valence-electron chi connectivity index (χ3n) is 5.75. The molecular formula is C25H37IN6O. The van der Waals surface area contributed by atoms with Gasteiger partial charge in [-0.15, -0.1) is 24.0 Å². The number of benzene rings is 1. The molecule has 1 aromatic carbocycles. The first-order valence-electron chi connectivity index (χ1n) is 11.6. The number of rotatable bonds is 8. The number of nitrogens with one attached hydrogen (secondary N) is 2. The minimum Gasteiger partial charge on any atom is -0.357 e. The monoisotopic (exact) mass is 564 g/mol. The summed E-state index contributed by atoms with van der Waals surface area (Å²) < 4.78 is 0. The van der Waals surface area contributed by atoms with E-state index in [0.717, 1.165) is 44.5 Å². The number of aryl methyl sites for hydroxylation is 1. The summed E-state index contributed by atoms with van der Waals surface area (Å²) in [5.41, 5.74) is 2.55. The van der Waals surface area contributed by atoms with Crippen molar-refractivity contribution in [2.75, 3.05) is 50.7 Å². The second kappa shape index (κ2) is 14.0. The van der Waals surface area contributed by atoms with Crippen LogP contribution in [-0.4, -0.2) is 67.6 Å². The number of piperazine rings is 1. The molecule has 1 aliphatic heterocycles. The van der Waals surface area contributed by atoms with Crippen molar-refractivity contribution in [3.8, 4) is 0 Å². The summed E-state index contributed by atoms with van der Waals surface area (Å²) in [5, 5.41) is 6.59. The normalized spacial score (nSPS) is 14.9. The molecule has 1 amide bonds. The SMILES string of the molecule is CCNC(=NCC(C)c1ccc(C)cc1)NCCC(=O)N1CCN(c2ccccn2)CC1.I. The molecule has 1 aromatic heterocycles. The van der Waals surface area contributed by atoms with Crippen LogP contribution in [0.15, 0.2) is 53.7 Å². The number of nitrogens with zero attached hydrogens (tertiary/aromatic N) is 4. The predicted octanol–water partition coefficient (Wildman–Crippen LogP) is 3.41. The zero-order valence-electron chi connectivity index (χ0n) is 20.0. The van der Waals surface area contributed by atoms with Crippen LogP contribution in [0.2, 0.25) is 0 Å². The van der Waals surface area contributed by atoms with Gasteiger partial charge in [-0.05, 0) is 31.5 Å². The van der Waals surface area contributed by atoms with Gasteiger partial charge < -0.3 is 20.4 Å². The lowest BCUT2D eigenvalue weighted by Crippen LogP contribution is -2.49. The molecule has 2 N–H and O–H groups in total. The minimum absolute atomic E-state index is 0. The lowest BCUT2D eigenvalue weighted by atomic mass is 10.0. The highest BCUT2D eigenvalue weighted by Crippen LogP contribution is 2.16. The molecule has 1 atom stereocenters. The fourth-order valence-electron chi connectivity index (χ4n) is 3.74. The van der Waals surface area contributed by atoms with Gasteiger partial charge in [-0.1, -0.05) is 42.8 Å². The summed E-state index contributed by atoms with van der Waals surface area (Å²) in [4.78, 5) is 26.0. The molecular weight excluding hydrogens is 527 g/mol. The van der Waals surface area contributed by atoms with Gasteiger partial charge in [-0.25, -0.2) is 4.98 Å². The summed E-state index contributed by atoms with van der Waals surface area (Å²) >= 11 is 0. The van der Waals surface area contributed by atoms with E-state index in [0.29, 0.717) is 25.4 Å². The Morgan fingerprint density at radius 1 is 1.09 bits per heavy atom. The molecule has 180 valence electrons. The number of hydrogen-bond acceptors (Lipinski definition) is 4. The first kappa shape index (κ1) is 26.9. The lowest BCUT2D eigenvalue weighted by molar-refractivity contribution is -0.131. The molecule has 0 saturated carbocycles. The maximum absolute atomic E-state index is 12.7. The highest BCUT2D eigenvalue weighted by atomic mass is 127. The number of amides is 1. The Hall–Kier alpha value is -2.36. The third-order valence-corrected chi connectivity index (χ3v) is 5.75. The molecule has 2 aromatic rings. The van der Waals surface area contributed by atoms with Gasteiger partial charge in [0.2, 0.25) is 5.91 Å². The van der Waals surface area contributed by atoms with Crippen molar-refractivity contribution in [1.29, 1.82) is 0 Å². The van der Waals surface area contributed by atoms with E-state index in [-0.39, 0.29) is 29.9 Å².